The lowest BCUT2D eigenvalue weighted by atomic mass is 9.99. The second-order valence-corrected chi connectivity index (χ2v) is 5.73. The first-order chi connectivity index (χ1) is 9.97. The number of ether oxygens (including phenoxy) is 2. The highest BCUT2D eigenvalue weighted by Gasteiger charge is 2.45. The van der Waals surface area contributed by atoms with E-state index in [0.717, 1.165) is 25.1 Å². The molecular weight excluding hydrogens is 278 g/mol. The molecule has 1 aromatic rings. The number of hydrogen-bond donors (Lipinski definition) is 0. The summed E-state index contributed by atoms with van der Waals surface area (Å²) in [5, 5.41) is 9.10. The fraction of sp³-hybridized carbons (Fsp3) is 0.533. The van der Waals surface area contributed by atoms with Crippen LogP contribution >= 0.6 is 0 Å². The molecule has 0 unspecified atom stereocenters. The first-order valence-electron chi connectivity index (χ1n) is 7.02. The topological polar surface area (TPSA) is 45.5 Å². The molecule has 2 aliphatic rings. The van der Waals surface area contributed by atoms with Crippen molar-refractivity contribution in [1.82, 2.24) is 4.90 Å². The third-order valence-corrected chi connectivity index (χ3v) is 3.83. The molecule has 4 nitrogen and oxygen atoms in total. The van der Waals surface area contributed by atoms with Gasteiger partial charge in [-0.05, 0) is 43.0 Å². The summed E-state index contributed by atoms with van der Waals surface area (Å²) in [5.74, 6) is 0.407. The van der Waals surface area contributed by atoms with E-state index in [4.69, 9.17) is 5.26 Å². The van der Waals surface area contributed by atoms with E-state index in [1.807, 2.05) is 6.07 Å². The minimum atomic E-state index is -3.69. The van der Waals surface area contributed by atoms with E-state index >= 15 is 0 Å². The molecule has 1 saturated heterocycles. The van der Waals surface area contributed by atoms with Crippen LogP contribution in [-0.4, -0.2) is 24.3 Å². The maximum atomic E-state index is 13.1. The van der Waals surface area contributed by atoms with Crippen molar-refractivity contribution in [3.63, 3.8) is 0 Å². The molecule has 1 aromatic carbocycles. The third-order valence-electron chi connectivity index (χ3n) is 3.83. The summed E-state index contributed by atoms with van der Waals surface area (Å²) in [5.41, 5.74) is 0.880. The fourth-order valence-electron chi connectivity index (χ4n) is 2.97. The average Bonchev–Trinajstić information content (AvgIpc) is 2.72. The Morgan fingerprint density at radius 1 is 1.43 bits per heavy atom. The lowest BCUT2D eigenvalue weighted by molar-refractivity contribution is -0.286. The van der Waals surface area contributed by atoms with Crippen molar-refractivity contribution < 1.29 is 18.3 Å². The Hall–Kier alpha value is -1.87. The van der Waals surface area contributed by atoms with Crippen LogP contribution in [0.4, 0.5) is 8.78 Å². The van der Waals surface area contributed by atoms with Crippen molar-refractivity contribution in [2.24, 2.45) is 5.92 Å². The molecule has 1 fully saturated rings. The molecule has 0 spiro atoms. The van der Waals surface area contributed by atoms with Gasteiger partial charge in [0.1, 0.15) is 6.07 Å². The summed E-state index contributed by atoms with van der Waals surface area (Å²) >= 11 is 0. The number of fused-ring (bicyclic) bond motifs is 1. The summed E-state index contributed by atoms with van der Waals surface area (Å²) in [4.78, 5) is 2.27. The molecule has 0 aliphatic carbocycles. The van der Waals surface area contributed by atoms with Crippen molar-refractivity contribution in [1.29, 1.82) is 5.26 Å². The van der Waals surface area contributed by atoms with Gasteiger partial charge in [-0.25, -0.2) is 0 Å². The summed E-state index contributed by atoms with van der Waals surface area (Å²) in [7, 11) is 0. The van der Waals surface area contributed by atoms with Gasteiger partial charge in [0.05, 0.1) is 5.56 Å². The molecule has 0 amide bonds. The molecule has 0 aromatic heterocycles. The van der Waals surface area contributed by atoms with Gasteiger partial charge in [-0.1, -0.05) is 6.92 Å². The van der Waals surface area contributed by atoms with Gasteiger partial charge in [-0.15, -0.1) is 8.78 Å². The molecule has 21 heavy (non-hydrogen) atoms. The molecule has 2 heterocycles. The van der Waals surface area contributed by atoms with Crippen molar-refractivity contribution in [3.05, 3.63) is 23.3 Å². The van der Waals surface area contributed by atoms with Crippen LogP contribution < -0.4 is 9.47 Å². The highest BCUT2D eigenvalue weighted by atomic mass is 19.3. The Morgan fingerprint density at radius 3 is 2.95 bits per heavy atom. The zero-order chi connectivity index (χ0) is 15.0. The van der Waals surface area contributed by atoms with Gasteiger partial charge in [0.2, 0.25) is 0 Å². The van der Waals surface area contributed by atoms with E-state index in [1.165, 1.54) is 12.5 Å². The van der Waals surface area contributed by atoms with E-state index in [2.05, 4.69) is 21.3 Å². The number of halogens is 2. The molecular formula is C15H16F2N2O2. The first-order valence-corrected chi connectivity index (χ1v) is 7.02. The predicted molar refractivity (Wildman–Crippen MR) is 71.0 cm³/mol. The van der Waals surface area contributed by atoms with Crippen LogP contribution in [0.2, 0.25) is 0 Å². The molecule has 0 radical (unpaired) electrons. The molecule has 0 N–H and O–H groups in total. The van der Waals surface area contributed by atoms with E-state index < -0.39 is 6.29 Å². The Balaban J connectivity index is 1.83. The van der Waals surface area contributed by atoms with E-state index in [0.29, 0.717) is 12.5 Å². The predicted octanol–water partition coefficient (Wildman–Crippen LogP) is 3.11. The normalized spacial score (nSPS) is 23.8. The number of likely N-dealkylation sites (tertiary alicyclic amines) is 1. The Labute approximate surface area is 121 Å². The van der Waals surface area contributed by atoms with Crippen LogP contribution in [0.3, 0.4) is 0 Å². The average molecular weight is 294 g/mol. The lowest BCUT2D eigenvalue weighted by Crippen LogP contribution is -2.33. The van der Waals surface area contributed by atoms with Gasteiger partial charge in [0.15, 0.2) is 11.5 Å². The van der Waals surface area contributed by atoms with Crippen LogP contribution in [0.25, 0.3) is 0 Å². The Bertz CT molecular complexity index is 598. The van der Waals surface area contributed by atoms with Crippen molar-refractivity contribution in [2.45, 2.75) is 32.6 Å². The monoisotopic (exact) mass is 294 g/mol. The zero-order valence-electron chi connectivity index (χ0n) is 11.7. The summed E-state index contributed by atoms with van der Waals surface area (Å²) in [6.07, 6.45) is -1.34. The summed E-state index contributed by atoms with van der Waals surface area (Å²) in [6.45, 7) is 4.79. The van der Waals surface area contributed by atoms with Gasteiger partial charge in [-0.3, -0.25) is 4.90 Å². The van der Waals surface area contributed by atoms with Crippen LogP contribution in [0.15, 0.2) is 12.1 Å². The second kappa shape index (κ2) is 5.15. The summed E-state index contributed by atoms with van der Waals surface area (Å²) in [6, 6.07) is 5.03. The van der Waals surface area contributed by atoms with Crippen molar-refractivity contribution in [3.8, 4) is 17.6 Å². The molecule has 2 aliphatic heterocycles. The van der Waals surface area contributed by atoms with Gasteiger partial charge in [0, 0.05) is 13.1 Å². The number of hydrogen-bond acceptors (Lipinski definition) is 4. The minimum Gasteiger partial charge on any atom is -0.395 e. The van der Waals surface area contributed by atoms with E-state index in [-0.39, 0.29) is 17.1 Å². The highest BCUT2D eigenvalue weighted by Crippen LogP contribution is 2.44. The van der Waals surface area contributed by atoms with Gasteiger partial charge < -0.3 is 9.47 Å². The lowest BCUT2D eigenvalue weighted by Gasteiger charge is -2.30. The number of nitrogens with zero attached hydrogens (tertiary/aromatic N) is 2. The maximum absolute atomic E-state index is 13.1. The van der Waals surface area contributed by atoms with Crippen molar-refractivity contribution >= 4 is 0 Å². The number of alkyl halides is 2. The fourth-order valence-corrected chi connectivity index (χ4v) is 2.97. The SMILES string of the molecule is C[C@H]1CCCN(Cc2cc(C#N)c3c(c2)OC(F)(F)O3)C1. The Morgan fingerprint density at radius 2 is 2.24 bits per heavy atom. The highest BCUT2D eigenvalue weighted by molar-refractivity contribution is 5.56. The quantitative estimate of drug-likeness (QED) is 0.840. The number of benzene rings is 1. The smallest absolute Gasteiger partial charge is 0.395 e. The van der Waals surface area contributed by atoms with Gasteiger partial charge >= 0.3 is 6.29 Å². The first kappa shape index (κ1) is 14.1. The molecule has 1 atom stereocenters. The zero-order valence-corrected chi connectivity index (χ0v) is 11.7. The maximum Gasteiger partial charge on any atom is 0.586 e. The third kappa shape index (κ3) is 2.93. The molecule has 3 rings (SSSR count). The molecule has 112 valence electrons. The molecule has 6 heteroatoms. The minimum absolute atomic E-state index is 0.0564. The van der Waals surface area contributed by atoms with Crippen LogP contribution in [-0.2, 0) is 6.54 Å². The summed E-state index contributed by atoms with van der Waals surface area (Å²) < 4.78 is 35.1. The Kier molecular flexibility index (Phi) is 3.46. The van der Waals surface area contributed by atoms with Crippen LogP contribution in [0.5, 0.6) is 11.5 Å². The molecule has 0 bridgehead atoms. The van der Waals surface area contributed by atoms with Crippen LogP contribution in [0.1, 0.15) is 30.9 Å². The second-order valence-electron chi connectivity index (χ2n) is 5.73. The van der Waals surface area contributed by atoms with Gasteiger partial charge in [0.25, 0.3) is 0 Å². The molecule has 0 saturated carbocycles. The van der Waals surface area contributed by atoms with Crippen LogP contribution in [0, 0.1) is 17.2 Å². The number of nitriles is 1. The van der Waals surface area contributed by atoms with E-state index in [9.17, 15) is 8.78 Å². The number of piperidine rings is 1. The van der Waals surface area contributed by atoms with Gasteiger partial charge in [-0.2, -0.15) is 5.26 Å². The standard InChI is InChI=1S/C15H16F2N2O2/c1-10-3-2-4-19(8-10)9-11-5-12(7-18)14-13(6-11)20-15(16,17)21-14/h5-6,10H,2-4,8-9H2,1H3/t10-/m0/s1. The van der Waals surface area contributed by atoms with E-state index in [1.54, 1.807) is 6.07 Å². The van der Waals surface area contributed by atoms with Crippen molar-refractivity contribution in [2.75, 3.05) is 13.1 Å². The number of rotatable bonds is 2. The largest absolute Gasteiger partial charge is 0.586 e.